The molecule has 0 aromatic carbocycles. The van der Waals surface area contributed by atoms with Crippen molar-refractivity contribution in [1.82, 2.24) is 0 Å². The van der Waals surface area contributed by atoms with Crippen molar-refractivity contribution in [2.45, 2.75) is 26.3 Å². The molecule has 0 spiro atoms. The van der Waals surface area contributed by atoms with Crippen LogP contribution in [0.15, 0.2) is 5.16 Å². The second-order valence-electron chi connectivity index (χ2n) is 2.94. The molecule has 0 aliphatic carbocycles. The zero-order valence-electron chi connectivity index (χ0n) is 6.50. The summed E-state index contributed by atoms with van der Waals surface area (Å²) in [6.07, 6.45) is 0.902. The van der Waals surface area contributed by atoms with Gasteiger partial charge in [0.25, 0.3) is 0 Å². The summed E-state index contributed by atoms with van der Waals surface area (Å²) in [6.45, 7) is 4.88. The van der Waals surface area contributed by atoms with Crippen LogP contribution in [0.2, 0.25) is 0 Å². The van der Waals surface area contributed by atoms with E-state index in [1.54, 1.807) is 0 Å². The Morgan fingerprint density at radius 3 is 2.70 bits per heavy atom. The Hall–Kier alpha value is -0.570. The predicted octanol–water partition coefficient (Wildman–Crippen LogP) is 0.746. The van der Waals surface area contributed by atoms with Gasteiger partial charge in [-0.3, -0.25) is 0 Å². The average Bonchev–Trinajstić information content (AvgIpc) is 2.36. The van der Waals surface area contributed by atoms with Crippen LogP contribution in [0.3, 0.4) is 0 Å². The monoisotopic (exact) mass is 142 g/mol. The fourth-order valence-corrected chi connectivity index (χ4v) is 0.937. The molecule has 0 aromatic heterocycles. The maximum Gasteiger partial charge on any atom is 0.122 e. The molecule has 1 heterocycles. The molecule has 0 amide bonds. The highest BCUT2D eigenvalue weighted by Gasteiger charge is 2.18. The van der Waals surface area contributed by atoms with Crippen LogP contribution in [0, 0.1) is 5.92 Å². The van der Waals surface area contributed by atoms with E-state index in [4.69, 9.17) is 10.6 Å². The third-order valence-corrected chi connectivity index (χ3v) is 1.73. The minimum absolute atomic E-state index is 0.0856. The van der Waals surface area contributed by atoms with Gasteiger partial charge in [-0.15, -0.1) is 0 Å². The highest BCUT2D eigenvalue weighted by atomic mass is 16.6. The van der Waals surface area contributed by atoms with Crippen LogP contribution in [0.1, 0.15) is 20.3 Å². The minimum Gasteiger partial charge on any atom is -0.395 e. The maximum absolute atomic E-state index is 5.81. The first-order valence-electron chi connectivity index (χ1n) is 3.66. The van der Waals surface area contributed by atoms with Crippen LogP contribution < -0.4 is 5.73 Å². The average molecular weight is 142 g/mol. The number of hydrogen-bond donors (Lipinski definition) is 1. The van der Waals surface area contributed by atoms with Crippen molar-refractivity contribution >= 4 is 5.71 Å². The fourth-order valence-electron chi connectivity index (χ4n) is 0.937. The molecule has 1 aliphatic heterocycles. The first-order valence-corrected chi connectivity index (χ1v) is 3.66. The third kappa shape index (κ3) is 1.48. The van der Waals surface area contributed by atoms with Crippen molar-refractivity contribution < 1.29 is 4.84 Å². The van der Waals surface area contributed by atoms with E-state index in [1.165, 1.54) is 0 Å². The zero-order valence-corrected chi connectivity index (χ0v) is 6.50. The molecule has 3 nitrogen and oxygen atoms in total. The molecule has 0 saturated carbocycles. The van der Waals surface area contributed by atoms with E-state index in [-0.39, 0.29) is 6.04 Å². The molecule has 0 radical (unpaired) electrons. The Morgan fingerprint density at radius 2 is 2.30 bits per heavy atom. The van der Waals surface area contributed by atoms with Gasteiger partial charge in [-0.25, -0.2) is 0 Å². The van der Waals surface area contributed by atoms with E-state index in [0.29, 0.717) is 12.5 Å². The first kappa shape index (κ1) is 7.54. The molecule has 2 N–H and O–H groups in total. The SMILES string of the molecule is CC(C)[C@@H](N)C1=NOCC1. The highest BCUT2D eigenvalue weighted by molar-refractivity contribution is 5.90. The number of rotatable bonds is 2. The van der Waals surface area contributed by atoms with Crippen molar-refractivity contribution in [1.29, 1.82) is 0 Å². The molecule has 1 rings (SSSR count). The Labute approximate surface area is 61.2 Å². The standard InChI is InChI=1S/C7H14N2O/c1-5(2)7(8)6-3-4-10-9-6/h5,7H,3-4,8H2,1-2H3/t7-/m1/s1. The van der Waals surface area contributed by atoms with E-state index < -0.39 is 0 Å². The van der Waals surface area contributed by atoms with Gasteiger partial charge < -0.3 is 10.6 Å². The summed E-state index contributed by atoms with van der Waals surface area (Å²) in [7, 11) is 0. The second kappa shape index (κ2) is 3.01. The van der Waals surface area contributed by atoms with E-state index in [9.17, 15) is 0 Å². The lowest BCUT2D eigenvalue weighted by Crippen LogP contribution is -2.34. The van der Waals surface area contributed by atoms with Crippen LogP contribution >= 0.6 is 0 Å². The van der Waals surface area contributed by atoms with Crippen molar-refractivity contribution in [2.75, 3.05) is 6.61 Å². The summed E-state index contributed by atoms with van der Waals surface area (Å²) >= 11 is 0. The summed E-state index contributed by atoms with van der Waals surface area (Å²) < 4.78 is 0. The quantitative estimate of drug-likeness (QED) is 0.618. The largest absolute Gasteiger partial charge is 0.395 e. The number of hydrogen-bond acceptors (Lipinski definition) is 3. The smallest absolute Gasteiger partial charge is 0.122 e. The predicted molar refractivity (Wildman–Crippen MR) is 40.8 cm³/mol. The Morgan fingerprint density at radius 1 is 1.60 bits per heavy atom. The summed E-state index contributed by atoms with van der Waals surface area (Å²) in [5, 5.41) is 3.85. The van der Waals surface area contributed by atoms with Gasteiger partial charge >= 0.3 is 0 Å². The number of nitrogens with zero attached hydrogens (tertiary/aromatic N) is 1. The van der Waals surface area contributed by atoms with Crippen LogP contribution in [0.4, 0.5) is 0 Å². The fraction of sp³-hybridized carbons (Fsp3) is 0.857. The van der Waals surface area contributed by atoms with Gasteiger partial charge in [-0.1, -0.05) is 19.0 Å². The maximum atomic E-state index is 5.81. The molecule has 58 valence electrons. The van der Waals surface area contributed by atoms with Gasteiger partial charge in [0.2, 0.25) is 0 Å². The normalized spacial score (nSPS) is 20.6. The molecule has 0 unspecified atom stereocenters. The second-order valence-corrected chi connectivity index (χ2v) is 2.94. The van der Waals surface area contributed by atoms with E-state index in [0.717, 1.165) is 12.1 Å². The topological polar surface area (TPSA) is 47.6 Å². The molecule has 1 aliphatic rings. The van der Waals surface area contributed by atoms with E-state index in [2.05, 4.69) is 19.0 Å². The molecule has 10 heavy (non-hydrogen) atoms. The van der Waals surface area contributed by atoms with Gasteiger partial charge in [0, 0.05) is 12.5 Å². The van der Waals surface area contributed by atoms with Crippen LogP contribution in [0.5, 0.6) is 0 Å². The molecular weight excluding hydrogens is 128 g/mol. The van der Waals surface area contributed by atoms with E-state index >= 15 is 0 Å². The van der Waals surface area contributed by atoms with Crippen LogP contribution in [-0.2, 0) is 4.84 Å². The lowest BCUT2D eigenvalue weighted by Gasteiger charge is -2.12. The Kier molecular flexibility index (Phi) is 2.27. The molecule has 0 aromatic rings. The molecule has 0 bridgehead atoms. The molecule has 1 atom stereocenters. The summed E-state index contributed by atoms with van der Waals surface area (Å²) in [5.74, 6) is 0.459. The summed E-state index contributed by atoms with van der Waals surface area (Å²) in [5.41, 5.74) is 6.82. The highest BCUT2D eigenvalue weighted by Crippen LogP contribution is 2.08. The molecule has 3 heteroatoms. The van der Waals surface area contributed by atoms with Gasteiger partial charge in [-0.05, 0) is 5.92 Å². The van der Waals surface area contributed by atoms with Gasteiger partial charge in [0.05, 0.1) is 5.71 Å². The number of nitrogens with two attached hydrogens (primary N) is 1. The van der Waals surface area contributed by atoms with Crippen LogP contribution in [0.25, 0.3) is 0 Å². The zero-order chi connectivity index (χ0) is 7.56. The molecule has 0 fully saturated rings. The first-order chi connectivity index (χ1) is 4.72. The minimum atomic E-state index is 0.0856. The van der Waals surface area contributed by atoms with Crippen molar-refractivity contribution in [3.05, 3.63) is 0 Å². The Bertz CT molecular complexity index is 143. The summed E-state index contributed by atoms with van der Waals surface area (Å²) in [6, 6.07) is 0.0856. The van der Waals surface area contributed by atoms with Crippen molar-refractivity contribution in [3.8, 4) is 0 Å². The Balaban J connectivity index is 2.47. The van der Waals surface area contributed by atoms with E-state index in [1.807, 2.05) is 0 Å². The van der Waals surface area contributed by atoms with Gasteiger partial charge in [-0.2, -0.15) is 0 Å². The lowest BCUT2D eigenvalue weighted by atomic mass is 9.99. The molecule has 0 saturated heterocycles. The van der Waals surface area contributed by atoms with Crippen molar-refractivity contribution in [3.63, 3.8) is 0 Å². The van der Waals surface area contributed by atoms with Gasteiger partial charge in [0.1, 0.15) is 6.61 Å². The number of oxime groups is 1. The summed E-state index contributed by atoms with van der Waals surface area (Å²) in [4.78, 5) is 4.84. The lowest BCUT2D eigenvalue weighted by molar-refractivity contribution is 0.173. The third-order valence-electron chi connectivity index (χ3n) is 1.73. The van der Waals surface area contributed by atoms with Crippen molar-refractivity contribution in [2.24, 2.45) is 16.8 Å². The molecular formula is C7H14N2O. The van der Waals surface area contributed by atoms with Crippen LogP contribution in [-0.4, -0.2) is 18.4 Å². The van der Waals surface area contributed by atoms with Gasteiger partial charge in [0.15, 0.2) is 0 Å².